The van der Waals surface area contributed by atoms with Gasteiger partial charge in [-0.3, -0.25) is 5.43 Å². The molecular weight excluding hydrogens is 282 g/mol. The number of thiocarbonyl (C=S) groups is 1. The maximum absolute atomic E-state index is 6.24. The molecule has 0 radical (unpaired) electrons. The van der Waals surface area contributed by atoms with Gasteiger partial charge in [0.05, 0.1) is 23.9 Å². The molecule has 2 rings (SSSR count). The first-order valence-electron chi connectivity index (χ1n) is 6.23. The van der Waals surface area contributed by atoms with Gasteiger partial charge in [-0.15, -0.1) is 0 Å². The quantitative estimate of drug-likeness (QED) is 0.821. The Labute approximate surface area is 124 Å². The second-order valence-corrected chi connectivity index (χ2v) is 5.42. The molecule has 6 heteroatoms. The van der Waals surface area contributed by atoms with E-state index >= 15 is 0 Å². The van der Waals surface area contributed by atoms with Gasteiger partial charge >= 0.3 is 0 Å². The Morgan fingerprint density at radius 1 is 1.32 bits per heavy atom. The Kier molecular flexibility index (Phi) is 4.99. The normalized spacial score (nSPS) is 16.2. The summed E-state index contributed by atoms with van der Waals surface area (Å²) in [5, 5.41) is 6.43. The third-order valence-corrected chi connectivity index (χ3v) is 3.43. The molecule has 19 heavy (non-hydrogen) atoms. The number of morpholine rings is 1. The number of nitrogens with zero attached hydrogens (tertiary/aromatic N) is 1. The van der Waals surface area contributed by atoms with Crippen molar-refractivity contribution in [3.63, 3.8) is 0 Å². The van der Waals surface area contributed by atoms with E-state index < -0.39 is 0 Å². The fourth-order valence-electron chi connectivity index (χ4n) is 2.03. The minimum Gasteiger partial charge on any atom is -0.379 e. The van der Waals surface area contributed by atoms with E-state index in [-0.39, 0.29) is 0 Å². The molecule has 1 aromatic carbocycles. The molecule has 1 heterocycles. The van der Waals surface area contributed by atoms with E-state index in [1.165, 1.54) is 0 Å². The van der Waals surface area contributed by atoms with Crippen LogP contribution in [0.5, 0.6) is 0 Å². The Hall–Kier alpha value is -0.880. The molecule has 0 saturated carbocycles. The van der Waals surface area contributed by atoms with Crippen molar-refractivity contribution in [1.29, 1.82) is 0 Å². The lowest BCUT2D eigenvalue weighted by Gasteiger charge is -2.28. The van der Waals surface area contributed by atoms with E-state index in [1.807, 2.05) is 24.9 Å². The van der Waals surface area contributed by atoms with Gasteiger partial charge in [-0.1, -0.05) is 17.7 Å². The van der Waals surface area contributed by atoms with Gasteiger partial charge in [-0.25, -0.2) is 5.01 Å². The van der Waals surface area contributed by atoms with Crippen LogP contribution in [0, 0.1) is 13.8 Å². The topological polar surface area (TPSA) is 36.5 Å². The van der Waals surface area contributed by atoms with Gasteiger partial charge in [0.15, 0.2) is 5.11 Å². The van der Waals surface area contributed by atoms with Crippen LogP contribution >= 0.6 is 23.8 Å². The summed E-state index contributed by atoms with van der Waals surface area (Å²) in [5.74, 6) is 0. The molecule has 1 aliphatic heterocycles. The lowest BCUT2D eigenvalue weighted by atomic mass is 10.1. The summed E-state index contributed by atoms with van der Waals surface area (Å²) in [7, 11) is 0. The van der Waals surface area contributed by atoms with Gasteiger partial charge in [0.1, 0.15) is 0 Å². The van der Waals surface area contributed by atoms with Crippen molar-refractivity contribution in [2.24, 2.45) is 0 Å². The zero-order chi connectivity index (χ0) is 13.8. The van der Waals surface area contributed by atoms with Crippen LogP contribution in [-0.4, -0.2) is 36.4 Å². The Morgan fingerprint density at radius 3 is 2.63 bits per heavy atom. The van der Waals surface area contributed by atoms with E-state index in [0.29, 0.717) is 10.1 Å². The molecule has 0 spiro atoms. The predicted octanol–water partition coefficient (Wildman–Crippen LogP) is 2.49. The number of hydrogen-bond acceptors (Lipinski definition) is 3. The summed E-state index contributed by atoms with van der Waals surface area (Å²) in [6.45, 7) is 7.12. The van der Waals surface area contributed by atoms with Crippen molar-refractivity contribution in [2.45, 2.75) is 13.8 Å². The molecule has 1 aromatic rings. The summed E-state index contributed by atoms with van der Waals surface area (Å²) < 4.78 is 5.28. The minimum atomic E-state index is 0.552. The van der Waals surface area contributed by atoms with Crippen molar-refractivity contribution in [2.75, 3.05) is 31.6 Å². The van der Waals surface area contributed by atoms with E-state index in [0.717, 1.165) is 43.1 Å². The van der Waals surface area contributed by atoms with Crippen LogP contribution in [0.15, 0.2) is 12.1 Å². The second-order valence-electron chi connectivity index (χ2n) is 4.60. The number of halogens is 1. The zero-order valence-corrected chi connectivity index (χ0v) is 12.7. The molecule has 0 aliphatic carbocycles. The highest BCUT2D eigenvalue weighted by atomic mass is 35.5. The molecule has 104 valence electrons. The van der Waals surface area contributed by atoms with Crippen molar-refractivity contribution >= 4 is 34.6 Å². The standard InChI is InChI=1S/C13H18ClN3OS/c1-9-7-10(2)12(11(14)8-9)15-13(19)16-17-3-5-18-6-4-17/h7-8H,3-6H2,1-2H3,(H2,15,16,19). The summed E-state index contributed by atoms with van der Waals surface area (Å²) in [5.41, 5.74) is 6.23. The lowest BCUT2D eigenvalue weighted by Crippen LogP contribution is -2.49. The third kappa shape index (κ3) is 4.04. The molecule has 1 aliphatic rings. The number of anilines is 1. The average molecular weight is 300 g/mol. The molecule has 0 amide bonds. The summed E-state index contributed by atoms with van der Waals surface area (Å²) in [6.07, 6.45) is 0. The molecule has 2 N–H and O–H groups in total. The van der Waals surface area contributed by atoms with Crippen LogP contribution in [-0.2, 0) is 4.74 Å². The maximum atomic E-state index is 6.24. The monoisotopic (exact) mass is 299 g/mol. The Bertz CT molecular complexity index is 452. The van der Waals surface area contributed by atoms with Crippen molar-refractivity contribution in [3.05, 3.63) is 28.3 Å². The molecule has 0 atom stereocenters. The zero-order valence-electron chi connectivity index (χ0n) is 11.1. The van der Waals surface area contributed by atoms with Crippen molar-refractivity contribution in [3.8, 4) is 0 Å². The largest absolute Gasteiger partial charge is 0.379 e. The number of ether oxygens (including phenoxy) is 1. The molecule has 4 nitrogen and oxygen atoms in total. The number of rotatable bonds is 2. The summed E-state index contributed by atoms with van der Waals surface area (Å²) in [4.78, 5) is 0. The average Bonchev–Trinajstić information content (AvgIpc) is 2.35. The highest BCUT2D eigenvalue weighted by Gasteiger charge is 2.12. The predicted molar refractivity (Wildman–Crippen MR) is 82.7 cm³/mol. The van der Waals surface area contributed by atoms with Gasteiger partial charge in [0, 0.05) is 13.1 Å². The van der Waals surface area contributed by atoms with Crippen LogP contribution in [0.25, 0.3) is 0 Å². The molecular formula is C13H18ClN3OS. The highest BCUT2D eigenvalue weighted by molar-refractivity contribution is 7.80. The highest BCUT2D eigenvalue weighted by Crippen LogP contribution is 2.27. The SMILES string of the molecule is Cc1cc(C)c(NC(=S)NN2CCOCC2)c(Cl)c1. The van der Waals surface area contributed by atoms with Crippen molar-refractivity contribution in [1.82, 2.24) is 10.4 Å². The maximum Gasteiger partial charge on any atom is 0.185 e. The fraction of sp³-hybridized carbons (Fsp3) is 0.462. The van der Waals surface area contributed by atoms with Gasteiger partial charge in [-0.2, -0.15) is 0 Å². The first kappa shape index (κ1) is 14.5. The molecule has 0 bridgehead atoms. The van der Waals surface area contributed by atoms with E-state index in [9.17, 15) is 0 Å². The van der Waals surface area contributed by atoms with Gasteiger partial charge in [0.25, 0.3) is 0 Å². The number of aryl methyl sites for hydroxylation is 2. The molecule has 0 unspecified atom stereocenters. The molecule has 1 saturated heterocycles. The van der Waals surface area contributed by atoms with Crippen molar-refractivity contribution < 1.29 is 4.74 Å². The number of hydrazine groups is 1. The number of hydrogen-bond donors (Lipinski definition) is 2. The van der Waals surface area contributed by atoms with Crippen LogP contribution in [0.1, 0.15) is 11.1 Å². The van der Waals surface area contributed by atoms with E-state index in [2.05, 4.69) is 16.8 Å². The second kappa shape index (κ2) is 6.52. The third-order valence-electron chi connectivity index (χ3n) is 2.94. The van der Waals surface area contributed by atoms with Gasteiger partial charge < -0.3 is 10.1 Å². The van der Waals surface area contributed by atoms with Crippen LogP contribution in [0.2, 0.25) is 5.02 Å². The molecule has 1 fully saturated rings. The first-order valence-corrected chi connectivity index (χ1v) is 7.02. The van der Waals surface area contributed by atoms with Gasteiger partial charge in [-0.05, 0) is 43.3 Å². The van der Waals surface area contributed by atoms with Crippen LogP contribution in [0.3, 0.4) is 0 Å². The summed E-state index contributed by atoms with van der Waals surface area (Å²) in [6, 6.07) is 4.00. The smallest absolute Gasteiger partial charge is 0.185 e. The first-order chi connectivity index (χ1) is 9.06. The lowest BCUT2D eigenvalue weighted by molar-refractivity contribution is 0.0252. The van der Waals surface area contributed by atoms with E-state index in [1.54, 1.807) is 0 Å². The number of benzene rings is 1. The van der Waals surface area contributed by atoms with Crippen LogP contribution in [0.4, 0.5) is 5.69 Å². The Morgan fingerprint density at radius 2 is 2.00 bits per heavy atom. The fourth-order valence-corrected chi connectivity index (χ4v) is 2.63. The minimum absolute atomic E-state index is 0.552. The van der Waals surface area contributed by atoms with Crippen LogP contribution < -0.4 is 10.7 Å². The molecule has 0 aromatic heterocycles. The summed E-state index contributed by atoms with van der Waals surface area (Å²) >= 11 is 11.5. The van der Waals surface area contributed by atoms with E-state index in [4.69, 9.17) is 28.6 Å². The Balaban J connectivity index is 1.98. The van der Waals surface area contributed by atoms with Gasteiger partial charge in [0.2, 0.25) is 0 Å². The number of nitrogens with one attached hydrogen (secondary N) is 2.